The fourth-order valence-electron chi connectivity index (χ4n) is 3.08. The molecule has 0 radical (unpaired) electrons. The number of nitrogens with zero attached hydrogens (tertiary/aromatic N) is 1. The van der Waals surface area contributed by atoms with E-state index < -0.39 is 26.9 Å². The van der Waals surface area contributed by atoms with Gasteiger partial charge in [-0.3, -0.25) is 14.9 Å². The number of carbonyl (C=O) groups is 1. The number of rotatable bonds is 9. The fraction of sp³-hybridized carbons (Fsp3) is 0.136. The third-order valence-electron chi connectivity index (χ3n) is 4.68. The third kappa shape index (κ3) is 6.28. The van der Waals surface area contributed by atoms with Crippen LogP contribution in [0.3, 0.4) is 0 Å². The van der Waals surface area contributed by atoms with Crippen molar-refractivity contribution in [1.29, 1.82) is 0 Å². The highest BCUT2D eigenvalue weighted by Crippen LogP contribution is 2.30. The van der Waals surface area contributed by atoms with E-state index in [1.54, 1.807) is 30.3 Å². The molecule has 0 bridgehead atoms. The predicted octanol–water partition coefficient (Wildman–Crippen LogP) is 4.31. The monoisotopic (exact) mass is 489 g/mol. The summed E-state index contributed by atoms with van der Waals surface area (Å²) >= 11 is 5.84. The van der Waals surface area contributed by atoms with E-state index in [1.807, 2.05) is 0 Å². The van der Waals surface area contributed by atoms with Crippen LogP contribution in [0.5, 0.6) is 5.75 Å². The van der Waals surface area contributed by atoms with Gasteiger partial charge in [-0.25, -0.2) is 13.1 Å². The lowest BCUT2D eigenvalue weighted by molar-refractivity contribution is -0.384. The Kier molecular flexibility index (Phi) is 7.64. The van der Waals surface area contributed by atoms with Crippen molar-refractivity contribution in [2.24, 2.45) is 0 Å². The van der Waals surface area contributed by atoms with Gasteiger partial charge in [-0.2, -0.15) is 0 Å². The molecule has 0 aliphatic rings. The molecular weight excluding hydrogens is 470 g/mol. The number of halogens is 1. The Hall–Kier alpha value is -3.47. The first-order valence-electron chi connectivity index (χ1n) is 9.65. The van der Waals surface area contributed by atoms with Crippen LogP contribution in [0.4, 0.5) is 11.4 Å². The highest BCUT2D eigenvalue weighted by atomic mass is 35.5. The van der Waals surface area contributed by atoms with Crippen LogP contribution in [0.1, 0.15) is 18.0 Å². The van der Waals surface area contributed by atoms with Gasteiger partial charge < -0.3 is 10.1 Å². The van der Waals surface area contributed by atoms with Crippen molar-refractivity contribution >= 4 is 38.9 Å². The number of nitro groups is 1. The second-order valence-corrected chi connectivity index (χ2v) is 9.08. The second kappa shape index (κ2) is 10.4. The first-order chi connectivity index (χ1) is 15.7. The summed E-state index contributed by atoms with van der Waals surface area (Å²) in [6, 6.07) is 17.1. The summed E-state index contributed by atoms with van der Waals surface area (Å²) in [5.74, 6) is -0.339. The number of nitrogens with one attached hydrogen (secondary N) is 2. The average Bonchev–Trinajstić information content (AvgIpc) is 2.79. The van der Waals surface area contributed by atoms with Crippen molar-refractivity contribution in [3.05, 3.63) is 93.5 Å². The van der Waals surface area contributed by atoms with Gasteiger partial charge in [0.25, 0.3) is 5.69 Å². The normalized spacial score (nSPS) is 12.1. The smallest absolute Gasteiger partial charge is 0.271 e. The number of benzene rings is 3. The molecule has 1 unspecified atom stereocenters. The zero-order valence-corrected chi connectivity index (χ0v) is 19.0. The fourth-order valence-corrected chi connectivity index (χ4v) is 4.43. The van der Waals surface area contributed by atoms with Crippen LogP contribution in [-0.2, 0) is 14.8 Å². The zero-order chi connectivity index (χ0) is 24.0. The summed E-state index contributed by atoms with van der Waals surface area (Å²) in [6.07, 6.45) is -0.275. The molecule has 1 atom stereocenters. The van der Waals surface area contributed by atoms with Crippen molar-refractivity contribution in [2.45, 2.75) is 17.4 Å². The lowest BCUT2D eigenvalue weighted by Gasteiger charge is -2.19. The number of hydrogen-bond acceptors (Lipinski definition) is 6. The summed E-state index contributed by atoms with van der Waals surface area (Å²) in [4.78, 5) is 23.3. The van der Waals surface area contributed by atoms with Gasteiger partial charge in [0.1, 0.15) is 5.75 Å². The maximum Gasteiger partial charge on any atom is 0.271 e. The minimum Gasteiger partial charge on any atom is -0.495 e. The highest BCUT2D eigenvalue weighted by Gasteiger charge is 2.24. The number of sulfonamides is 1. The molecule has 172 valence electrons. The Bertz CT molecular complexity index is 1250. The van der Waals surface area contributed by atoms with Crippen LogP contribution < -0.4 is 14.8 Å². The Morgan fingerprint density at radius 1 is 1.09 bits per heavy atom. The molecule has 0 aromatic heterocycles. The van der Waals surface area contributed by atoms with Crippen molar-refractivity contribution < 1.29 is 22.9 Å². The maximum absolute atomic E-state index is 12.9. The van der Waals surface area contributed by atoms with Crippen molar-refractivity contribution in [3.8, 4) is 5.75 Å². The first kappa shape index (κ1) is 24.2. The molecule has 0 fully saturated rings. The standard InChI is InChI=1S/C22H20ClN3O6S/c1-32-21-12-9-17(26(28)29)13-20(21)24-22(27)14-19(15-5-3-2-4-6-15)25-33(30,31)18-10-7-16(23)8-11-18/h2-13,19,25H,14H2,1H3,(H,24,27). The minimum atomic E-state index is -3.98. The van der Waals surface area contributed by atoms with E-state index in [0.717, 1.165) is 0 Å². The molecule has 33 heavy (non-hydrogen) atoms. The molecule has 0 aliphatic heterocycles. The Balaban J connectivity index is 1.86. The summed E-state index contributed by atoms with van der Waals surface area (Å²) in [6.45, 7) is 0. The van der Waals surface area contributed by atoms with Crippen LogP contribution in [0.25, 0.3) is 0 Å². The number of nitro benzene ring substituents is 1. The number of anilines is 1. The van der Waals surface area contributed by atoms with Gasteiger partial charge in [-0.05, 0) is 35.9 Å². The molecule has 0 aliphatic carbocycles. The van der Waals surface area contributed by atoms with Gasteiger partial charge in [-0.1, -0.05) is 41.9 Å². The SMILES string of the molecule is COc1ccc([N+](=O)[O-])cc1NC(=O)CC(NS(=O)(=O)c1ccc(Cl)cc1)c1ccccc1. The Labute approximate surface area is 195 Å². The van der Waals surface area contributed by atoms with E-state index in [0.29, 0.717) is 10.6 Å². The van der Waals surface area contributed by atoms with E-state index in [4.69, 9.17) is 16.3 Å². The van der Waals surface area contributed by atoms with Gasteiger partial charge >= 0.3 is 0 Å². The molecule has 3 rings (SSSR count). The molecule has 1 amide bonds. The summed E-state index contributed by atoms with van der Waals surface area (Å²) in [5.41, 5.74) is 0.439. The predicted molar refractivity (Wildman–Crippen MR) is 124 cm³/mol. The van der Waals surface area contributed by atoms with E-state index >= 15 is 0 Å². The van der Waals surface area contributed by atoms with Crippen LogP contribution in [-0.4, -0.2) is 26.4 Å². The number of hydrogen-bond donors (Lipinski definition) is 2. The van der Waals surface area contributed by atoms with E-state index in [1.165, 1.54) is 49.6 Å². The number of methoxy groups -OCH3 is 1. The van der Waals surface area contributed by atoms with Crippen LogP contribution in [0, 0.1) is 10.1 Å². The molecule has 9 nitrogen and oxygen atoms in total. The van der Waals surface area contributed by atoms with E-state index in [-0.39, 0.29) is 28.4 Å². The molecular formula is C22H20ClN3O6S. The molecule has 0 saturated heterocycles. The first-order valence-corrected chi connectivity index (χ1v) is 11.5. The van der Waals surface area contributed by atoms with Gasteiger partial charge in [-0.15, -0.1) is 0 Å². The third-order valence-corrected chi connectivity index (χ3v) is 6.42. The van der Waals surface area contributed by atoms with Crippen molar-refractivity contribution in [1.82, 2.24) is 4.72 Å². The van der Waals surface area contributed by atoms with Crippen molar-refractivity contribution in [2.75, 3.05) is 12.4 Å². The summed E-state index contributed by atoms with van der Waals surface area (Å²) < 4.78 is 33.5. The number of non-ortho nitro benzene ring substituents is 1. The lowest BCUT2D eigenvalue weighted by atomic mass is 10.0. The molecule has 3 aromatic carbocycles. The van der Waals surface area contributed by atoms with Gasteiger partial charge in [0.2, 0.25) is 15.9 Å². The molecule has 11 heteroatoms. The minimum absolute atomic E-state index is 0.00593. The second-order valence-electron chi connectivity index (χ2n) is 6.93. The van der Waals surface area contributed by atoms with Crippen LogP contribution in [0.15, 0.2) is 77.7 Å². The lowest BCUT2D eigenvalue weighted by Crippen LogP contribution is -2.31. The molecule has 0 saturated carbocycles. The summed E-state index contributed by atoms with van der Waals surface area (Å²) in [5, 5.41) is 14.0. The van der Waals surface area contributed by atoms with E-state index in [9.17, 15) is 23.3 Å². The number of ether oxygens (including phenoxy) is 1. The number of carbonyl (C=O) groups excluding carboxylic acids is 1. The average molecular weight is 490 g/mol. The topological polar surface area (TPSA) is 128 Å². The molecule has 0 spiro atoms. The maximum atomic E-state index is 12.9. The summed E-state index contributed by atoms with van der Waals surface area (Å²) in [7, 11) is -2.61. The van der Waals surface area contributed by atoms with Gasteiger partial charge in [0, 0.05) is 23.6 Å². The Morgan fingerprint density at radius 2 is 1.76 bits per heavy atom. The van der Waals surface area contributed by atoms with Crippen LogP contribution >= 0.6 is 11.6 Å². The number of amides is 1. The molecule has 3 aromatic rings. The van der Waals surface area contributed by atoms with Gasteiger partial charge in [0.05, 0.1) is 28.7 Å². The van der Waals surface area contributed by atoms with Gasteiger partial charge in [0.15, 0.2) is 0 Å². The molecule has 2 N–H and O–H groups in total. The molecule has 0 heterocycles. The Morgan fingerprint density at radius 3 is 2.36 bits per heavy atom. The largest absolute Gasteiger partial charge is 0.495 e. The highest BCUT2D eigenvalue weighted by molar-refractivity contribution is 7.89. The zero-order valence-electron chi connectivity index (χ0n) is 17.4. The van der Waals surface area contributed by atoms with Crippen LogP contribution in [0.2, 0.25) is 5.02 Å². The van der Waals surface area contributed by atoms with E-state index in [2.05, 4.69) is 10.0 Å². The van der Waals surface area contributed by atoms with Crippen molar-refractivity contribution in [3.63, 3.8) is 0 Å². The quantitative estimate of drug-likeness (QED) is 0.340.